The summed E-state index contributed by atoms with van der Waals surface area (Å²) in [7, 11) is 1.77. The topological polar surface area (TPSA) is 99.8 Å². The highest BCUT2D eigenvalue weighted by atomic mass is 16.5. The Morgan fingerprint density at radius 2 is 2.09 bits per heavy atom. The summed E-state index contributed by atoms with van der Waals surface area (Å²) in [6, 6.07) is 0. The summed E-state index contributed by atoms with van der Waals surface area (Å²) in [6.07, 6.45) is 0.768. The third kappa shape index (κ3) is 2.98. The van der Waals surface area contributed by atoms with Crippen LogP contribution in [0.5, 0.6) is 0 Å². The van der Waals surface area contributed by atoms with E-state index in [4.69, 9.17) is 4.74 Å². The predicted octanol–water partition coefficient (Wildman–Crippen LogP) is 1.10. The number of aromatic nitrogens is 5. The van der Waals surface area contributed by atoms with Gasteiger partial charge in [-0.2, -0.15) is 10.2 Å². The number of nitrogens with one attached hydrogen (secondary N) is 2. The Labute approximate surface area is 134 Å². The Bertz CT molecular complexity index is 707. The molecule has 1 aliphatic rings. The standard InChI is InChI=1S/C15H22N6O2/c1-8-9(2)17-19-13(8)15(22)21(4)7-12-11(5-6-23-12)14-16-10(3)18-20-14/h11-12H,5-7H2,1-4H3,(H,17,19)(H,16,18,20)/t11-,12-/m1/s1. The second-order valence-corrected chi connectivity index (χ2v) is 6.09. The number of rotatable bonds is 4. The number of aromatic amines is 2. The number of H-pyrrole nitrogens is 2. The van der Waals surface area contributed by atoms with Gasteiger partial charge in [0.2, 0.25) is 0 Å². The molecule has 0 aliphatic carbocycles. The lowest BCUT2D eigenvalue weighted by Crippen LogP contribution is -2.37. The van der Waals surface area contributed by atoms with Crippen molar-refractivity contribution in [2.75, 3.05) is 20.2 Å². The highest BCUT2D eigenvalue weighted by Gasteiger charge is 2.34. The number of carbonyl (C=O) groups excluding carboxylic acids is 1. The van der Waals surface area contributed by atoms with Crippen molar-refractivity contribution >= 4 is 5.91 Å². The molecule has 0 radical (unpaired) electrons. The zero-order valence-corrected chi connectivity index (χ0v) is 13.9. The SMILES string of the molecule is Cc1nc([C@@H]2CCO[C@@H]2CN(C)C(=O)c2n[nH]c(C)c2C)n[nH]1. The lowest BCUT2D eigenvalue weighted by Gasteiger charge is -2.23. The van der Waals surface area contributed by atoms with E-state index in [1.807, 2.05) is 20.8 Å². The van der Waals surface area contributed by atoms with Gasteiger partial charge in [-0.05, 0) is 27.2 Å². The van der Waals surface area contributed by atoms with E-state index in [0.717, 1.165) is 29.3 Å². The van der Waals surface area contributed by atoms with Gasteiger partial charge in [0, 0.05) is 31.5 Å². The molecule has 3 rings (SSSR count). The molecule has 3 heterocycles. The van der Waals surface area contributed by atoms with E-state index in [9.17, 15) is 4.79 Å². The molecule has 1 aliphatic heterocycles. The number of ether oxygens (including phenoxy) is 1. The molecule has 1 fully saturated rings. The third-order valence-electron chi connectivity index (χ3n) is 4.41. The van der Waals surface area contributed by atoms with Crippen LogP contribution in [-0.2, 0) is 4.74 Å². The van der Waals surface area contributed by atoms with Crippen molar-refractivity contribution in [2.45, 2.75) is 39.2 Å². The second-order valence-electron chi connectivity index (χ2n) is 6.09. The van der Waals surface area contributed by atoms with Crippen molar-refractivity contribution in [3.05, 3.63) is 28.6 Å². The number of amides is 1. The van der Waals surface area contributed by atoms with Gasteiger partial charge in [-0.25, -0.2) is 4.98 Å². The minimum absolute atomic E-state index is 0.0977. The van der Waals surface area contributed by atoms with Crippen LogP contribution in [0.4, 0.5) is 0 Å². The fraction of sp³-hybridized carbons (Fsp3) is 0.600. The second kappa shape index (κ2) is 6.11. The lowest BCUT2D eigenvalue weighted by atomic mass is 10.0. The largest absolute Gasteiger partial charge is 0.376 e. The van der Waals surface area contributed by atoms with Crippen LogP contribution in [-0.4, -0.2) is 62.5 Å². The van der Waals surface area contributed by atoms with Crippen molar-refractivity contribution in [1.82, 2.24) is 30.3 Å². The molecule has 1 saturated heterocycles. The van der Waals surface area contributed by atoms with Gasteiger partial charge in [-0.15, -0.1) is 0 Å². The minimum atomic E-state index is -0.104. The molecule has 124 valence electrons. The van der Waals surface area contributed by atoms with Crippen LogP contribution in [0.1, 0.15) is 45.7 Å². The lowest BCUT2D eigenvalue weighted by molar-refractivity contribution is 0.0545. The van der Waals surface area contributed by atoms with Crippen molar-refractivity contribution < 1.29 is 9.53 Å². The molecule has 0 unspecified atom stereocenters. The Balaban J connectivity index is 1.70. The first-order valence-electron chi connectivity index (χ1n) is 7.75. The number of hydrogen-bond acceptors (Lipinski definition) is 5. The van der Waals surface area contributed by atoms with Gasteiger partial charge in [0.05, 0.1) is 12.0 Å². The molecule has 0 aromatic carbocycles. The minimum Gasteiger partial charge on any atom is -0.376 e. The van der Waals surface area contributed by atoms with Crippen molar-refractivity contribution in [3.8, 4) is 0 Å². The zero-order valence-electron chi connectivity index (χ0n) is 13.9. The molecular formula is C15H22N6O2. The summed E-state index contributed by atoms with van der Waals surface area (Å²) in [4.78, 5) is 18.6. The number of nitrogens with zero attached hydrogens (tertiary/aromatic N) is 4. The number of hydrogen-bond donors (Lipinski definition) is 2. The molecule has 2 atom stereocenters. The monoisotopic (exact) mass is 318 g/mol. The van der Waals surface area contributed by atoms with E-state index < -0.39 is 0 Å². The quantitative estimate of drug-likeness (QED) is 0.879. The molecule has 2 aromatic rings. The summed E-state index contributed by atoms with van der Waals surface area (Å²) >= 11 is 0. The maximum Gasteiger partial charge on any atom is 0.274 e. The fourth-order valence-corrected chi connectivity index (χ4v) is 2.88. The molecular weight excluding hydrogens is 296 g/mol. The average molecular weight is 318 g/mol. The maximum absolute atomic E-state index is 12.6. The number of aryl methyl sites for hydroxylation is 2. The molecule has 2 N–H and O–H groups in total. The third-order valence-corrected chi connectivity index (χ3v) is 4.41. The number of likely N-dealkylation sites (N-methyl/N-ethyl adjacent to an activating group) is 1. The smallest absolute Gasteiger partial charge is 0.274 e. The van der Waals surface area contributed by atoms with Crippen LogP contribution in [0.25, 0.3) is 0 Å². The molecule has 8 heteroatoms. The molecule has 0 bridgehead atoms. The van der Waals surface area contributed by atoms with Crippen molar-refractivity contribution in [2.24, 2.45) is 0 Å². The Morgan fingerprint density at radius 1 is 1.30 bits per heavy atom. The van der Waals surface area contributed by atoms with Crippen LogP contribution in [0.2, 0.25) is 0 Å². The average Bonchev–Trinajstić information content (AvgIpc) is 3.21. The Hall–Kier alpha value is -2.22. The zero-order chi connectivity index (χ0) is 16.6. The highest BCUT2D eigenvalue weighted by Crippen LogP contribution is 2.29. The molecule has 1 amide bonds. The molecule has 2 aromatic heterocycles. The van der Waals surface area contributed by atoms with Crippen molar-refractivity contribution in [3.63, 3.8) is 0 Å². The van der Waals surface area contributed by atoms with Crippen LogP contribution in [0.15, 0.2) is 0 Å². The van der Waals surface area contributed by atoms with E-state index in [-0.39, 0.29) is 17.9 Å². The van der Waals surface area contributed by atoms with E-state index in [0.29, 0.717) is 18.8 Å². The number of carbonyl (C=O) groups is 1. The van der Waals surface area contributed by atoms with Gasteiger partial charge in [-0.1, -0.05) is 0 Å². The first kappa shape index (κ1) is 15.7. The van der Waals surface area contributed by atoms with Crippen LogP contribution >= 0.6 is 0 Å². The van der Waals surface area contributed by atoms with E-state index in [1.54, 1.807) is 11.9 Å². The molecule has 23 heavy (non-hydrogen) atoms. The summed E-state index contributed by atoms with van der Waals surface area (Å²) in [5.41, 5.74) is 2.26. The van der Waals surface area contributed by atoms with Crippen LogP contribution in [0, 0.1) is 20.8 Å². The first-order valence-corrected chi connectivity index (χ1v) is 7.75. The van der Waals surface area contributed by atoms with Crippen LogP contribution < -0.4 is 0 Å². The fourth-order valence-electron chi connectivity index (χ4n) is 2.88. The first-order chi connectivity index (χ1) is 11.0. The van der Waals surface area contributed by atoms with E-state index in [2.05, 4.69) is 25.4 Å². The normalized spacial score (nSPS) is 20.9. The molecule has 8 nitrogen and oxygen atoms in total. The van der Waals surface area contributed by atoms with Gasteiger partial charge in [0.15, 0.2) is 11.5 Å². The summed E-state index contributed by atoms with van der Waals surface area (Å²) in [6.45, 7) is 6.82. The summed E-state index contributed by atoms with van der Waals surface area (Å²) in [5, 5.41) is 14.1. The molecule has 0 spiro atoms. The van der Waals surface area contributed by atoms with Gasteiger partial charge in [0.1, 0.15) is 5.82 Å². The molecule has 0 saturated carbocycles. The predicted molar refractivity (Wildman–Crippen MR) is 83.2 cm³/mol. The van der Waals surface area contributed by atoms with E-state index in [1.165, 1.54) is 0 Å². The summed E-state index contributed by atoms with van der Waals surface area (Å²) in [5.74, 6) is 1.56. The summed E-state index contributed by atoms with van der Waals surface area (Å²) < 4.78 is 5.81. The van der Waals surface area contributed by atoms with Gasteiger partial charge in [-0.3, -0.25) is 15.0 Å². The van der Waals surface area contributed by atoms with E-state index >= 15 is 0 Å². The highest BCUT2D eigenvalue weighted by molar-refractivity contribution is 5.93. The Morgan fingerprint density at radius 3 is 2.70 bits per heavy atom. The Kier molecular flexibility index (Phi) is 4.16. The van der Waals surface area contributed by atoms with Gasteiger partial charge in [0.25, 0.3) is 5.91 Å². The van der Waals surface area contributed by atoms with Gasteiger partial charge >= 0.3 is 0 Å². The van der Waals surface area contributed by atoms with Crippen LogP contribution in [0.3, 0.4) is 0 Å². The maximum atomic E-state index is 12.6. The van der Waals surface area contributed by atoms with Crippen molar-refractivity contribution in [1.29, 1.82) is 0 Å². The van der Waals surface area contributed by atoms with Gasteiger partial charge < -0.3 is 9.64 Å².